The number of amides is 2. The minimum atomic E-state index is -0.272. The third kappa shape index (κ3) is 3.76. The van der Waals surface area contributed by atoms with Crippen LogP contribution in [0.15, 0.2) is 24.3 Å². The number of nitrogens with zero attached hydrogens (tertiary/aromatic N) is 1. The molecule has 0 fully saturated rings. The molecule has 2 amide bonds. The maximum Gasteiger partial charge on any atom is 0.250 e. The lowest BCUT2D eigenvalue weighted by atomic mass is 10.0. The number of fused-ring (bicyclic) bond motifs is 1. The zero-order valence-corrected chi connectivity index (χ0v) is 13.1. The minimum absolute atomic E-state index is 0.0292. The zero-order chi connectivity index (χ0) is 15.9. The Morgan fingerprint density at radius 3 is 2.91 bits per heavy atom. The van der Waals surface area contributed by atoms with Gasteiger partial charge in [0.15, 0.2) is 0 Å². The summed E-state index contributed by atoms with van der Waals surface area (Å²) in [6.45, 7) is 2.96. The van der Waals surface area contributed by atoms with Crippen LogP contribution in [0.25, 0.3) is 0 Å². The highest BCUT2D eigenvalue weighted by molar-refractivity contribution is 6.07. The van der Waals surface area contributed by atoms with E-state index >= 15 is 0 Å². The average molecular weight is 305 g/mol. The van der Waals surface area contributed by atoms with Crippen molar-refractivity contribution < 1.29 is 14.3 Å². The van der Waals surface area contributed by atoms with Crippen molar-refractivity contribution in [2.75, 3.05) is 37.0 Å². The number of benzene rings is 1. The number of nitrogens with one attached hydrogen (secondary N) is 2. The van der Waals surface area contributed by atoms with Gasteiger partial charge in [0.05, 0.1) is 18.0 Å². The summed E-state index contributed by atoms with van der Waals surface area (Å²) in [5, 5.41) is 6.01. The first-order valence-electron chi connectivity index (χ1n) is 7.60. The Bertz CT molecular complexity index is 533. The molecule has 22 heavy (non-hydrogen) atoms. The summed E-state index contributed by atoms with van der Waals surface area (Å²) in [6.07, 6.45) is 1.65. The van der Waals surface area contributed by atoms with Gasteiger partial charge in [-0.25, -0.2) is 0 Å². The molecule has 6 heteroatoms. The summed E-state index contributed by atoms with van der Waals surface area (Å²) >= 11 is 0. The van der Waals surface area contributed by atoms with Crippen molar-refractivity contribution >= 4 is 23.2 Å². The van der Waals surface area contributed by atoms with Crippen LogP contribution in [0.3, 0.4) is 0 Å². The molecule has 1 heterocycles. The van der Waals surface area contributed by atoms with Crippen LogP contribution in [0.5, 0.6) is 0 Å². The predicted octanol–water partition coefficient (Wildman–Crippen LogP) is 1.38. The number of carbonyl (C=O) groups is 2. The summed E-state index contributed by atoms with van der Waals surface area (Å²) < 4.78 is 4.90. The smallest absolute Gasteiger partial charge is 0.250 e. The fourth-order valence-corrected chi connectivity index (χ4v) is 2.53. The lowest BCUT2D eigenvalue weighted by molar-refractivity contribution is -0.124. The fraction of sp³-hybridized carbons (Fsp3) is 0.500. The van der Waals surface area contributed by atoms with Crippen LogP contribution in [0, 0.1) is 0 Å². The van der Waals surface area contributed by atoms with Gasteiger partial charge in [0, 0.05) is 13.7 Å². The Kier molecular flexibility index (Phi) is 5.77. The van der Waals surface area contributed by atoms with Crippen LogP contribution in [0.1, 0.15) is 19.8 Å². The lowest BCUT2D eigenvalue weighted by Gasteiger charge is -2.35. The summed E-state index contributed by atoms with van der Waals surface area (Å²) in [6, 6.07) is 7.29. The minimum Gasteiger partial charge on any atom is -0.383 e. The van der Waals surface area contributed by atoms with Gasteiger partial charge in [-0.05, 0) is 18.6 Å². The second-order valence-corrected chi connectivity index (χ2v) is 5.27. The molecule has 2 N–H and O–H groups in total. The maximum atomic E-state index is 12.6. The fourth-order valence-electron chi connectivity index (χ4n) is 2.53. The number of hydrogen-bond donors (Lipinski definition) is 2. The topological polar surface area (TPSA) is 70.7 Å². The summed E-state index contributed by atoms with van der Waals surface area (Å²) in [4.78, 5) is 26.2. The number of methoxy groups -OCH3 is 1. The van der Waals surface area contributed by atoms with E-state index in [0.717, 1.165) is 24.2 Å². The zero-order valence-electron chi connectivity index (χ0n) is 13.1. The van der Waals surface area contributed by atoms with Gasteiger partial charge in [0.1, 0.15) is 12.6 Å². The van der Waals surface area contributed by atoms with Crippen molar-refractivity contribution in [3.63, 3.8) is 0 Å². The highest BCUT2D eigenvalue weighted by Gasteiger charge is 2.32. The van der Waals surface area contributed by atoms with E-state index in [1.165, 1.54) is 0 Å². The van der Waals surface area contributed by atoms with Gasteiger partial charge in [0.2, 0.25) is 11.8 Å². The van der Waals surface area contributed by atoms with E-state index in [-0.39, 0.29) is 24.4 Å². The molecule has 1 atom stereocenters. The highest BCUT2D eigenvalue weighted by Crippen LogP contribution is 2.31. The second kappa shape index (κ2) is 7.79. The van der Waals surface area contributed by atoms with E-state index < -0.39 is 0 Å². The molecule has 0 spiro atoms. The van der Waals surface area contributed by atoms with Gasteiger partial charge in [0.25, 0.3) is 0 Å². The van der Waals surface area contributed by atoms with Crippen molar-refractivity contribution in [3.05, 3.63) is 24.3 Å². The standard InChI is InChI=1S/C16H23N3O3/c1-3-6-13-16(21)19(11-15(20)17-9-10-22-2)14-8-5-4-7-12(14)18-13/h4-5,7-8,13,18H,3,6,9-11H2,1-2H3,(H,17,20). The number of carbonyl (C=O) groups excluding carboxylic acids is 2. The normalized spacial score (nSPS) is 16.9. The Balaban J connectivity index is 2.13. The van der Waals surface area contributed by atoms with E-state index in [9.17, 15) is 9.59 Å². The molecule has 2 rings (SSSR count). The van der Waals surface area contributed by atoms with Gasteiger partial charge in [-0.3, -0.25) is 14.5 Å². The largest absolute Gasteiger partial charge is 0.383 e. The van der Waals surface area contributed by atoms with Gasteiger partial charge in [-0.15, -0.1) is 0 Å². The van der Waals surface area contributed by atoms with Crippen LogP contribution < -0.4 is 15.5 Å². The molecule has 1 aliphatic rings. The molecule has 0 saturated carbocycles. The molecule has 120 valence electrons. The number of ether oxygens (including phenoxy) is 1. The third-order valence-electron chi connectivity index (χ3n) is 3.60. The van der Waals surface area contributed by atoms with E-state index in [0.29, 0.717) is 13.2 Å². The molecule has 6 nitrogen and oxygen atoms in total. The lowest BCUT2D eigenvalue weighted by Crippen LogP contribution is -2.50. The molecule has 0 aromatic heterocycles. The number of anilines is 2. The first-order valence-corrected chi connectivity index (χ1v) is 7.60. The molecule has 1 unspecified atom stereocenters. The first kappa shape index (κ1) is 16.3. The summed E-state index contributed by atoms with van der Waals surface area (Å²) in [5.41, 5.74) is 1.65. The van der Waals surface area contributed by atoms with E-state index in [4.69, 9.17) is 4.74 Å². The SMILES string of the molecule is CCCC1Nc2ccccc2N(CC(=O)NCCOC)C1=O. The molecule has 1 aromatic carbocycles. The molecule has 0 radical (unpaired) electrons. The summed E-state index contributed by atoms with van der Waals surface area (Å²) in [7, 11) is 1.58. The van der Waals surface area contributed by atoms with Crippen molar-refractivity contribution in [1.29, 1.82) is 0 Å². The van der Waals surface area contributed by atoms with Crippen LogP contribution in [-0.4, -0.2) is 44.7 Å². The van der Waals surface area contributed by atoms with E-state index in [2.05, 4.69) is 10.6 Å². The quantitative estimate of drug-likeness (QED) is 0.747. The van der Waals surface area contributed by atoms with Gasteiger partial charge < -0.3 is 15.4 Å². The second-order valence-electron chi connectivity index (χ2n) is 5.27. The van der Waals surface area contributed by atoms with Crippen LogP contribution >= 0.6 is 0 Å². The van der Waals surface area contributed by atoms with E-state index in [1.807, 2.05) is 31.2 Å². The number of hydrogen-bond acceptors (Lipinski definition) is 4. The van der Waals surface area contributed by atoms with Crippen LogP contribution in [0.2, 0.25) is 0 Å². The average Bonchev–Trinajstić information content (AvgIpc) is 2.52. The van der Waals surface area contributed by atoms with Crippen molar-refractivity contribution in [2.24, 2.45) is 0 Å². The maximum absolute atomic E-state index is 12.6. The van der Waals surface area contributed by atoms with Crippen LogP contribution in [-0.2, 0) is 14.3 Å². The van der Waals surface area contributed by atoms with Gasteiger partial charge >= 0.3 is 0 Å². The number of rotatable bonds is 7. The van der Waals surface area contributed by atoms with Crippen molar-refractivity contribution in [2.45, 2.75) is 25.8 Å². The molecule has 0 bridgehead atoms. The van der Waals surface area contributed by atoms with Gasteiger partial charge in [-0.1, -0.05) is 25.5 Å². The van der Waals surface area contributed by atoms with E-state index in [1.54, 1.807) is 12.0 Å². The first-order chi connectivity index (χ1) is 10.7. The Morgan fingerprint density at radius 1 is 1.41 bits per heavy atom. The molecule has 0 saturated heterocycles. The third-order valence-corrected chi connectivity index (χ3v) is 3.60. The van der Waals surface area contributed by atoms with Crippen LogP contribution in [0.4, 0.5) is 11.4 Å². The highest BCUT2D eigenvalue weighted by atomic mass is 16.5. The van der Waals surface area contributed by atoms with Gasteiger partial charge in [-0.2, -0.15) is 0 Å². The predicted molar refractivity (Wildman–Crippen MR) is 86.0 cm³/mol. The van der Waals surface area contributed by atoms with Crippen molar-refractivity contribution in [3.8, 4) is 0 Å². The molecule has 1 aliphatic heterocycles. The molecular weight excluding hydrogens is 282 g/mol. The molecule has 0 aliphatic carbocycles. The Morgan fingerprint density at radius 2 is 2.18 bits per heavy atom. The monoisotopic (exact) mass is 305 g/mol. The number of para-hydroxylation sites is 2. The Labute approximate surface area is 130 Å². The van der Waals surface area contributed by atoms with Crippen molar-refractivity contribution in [1.82, 2.24) is 5.32 Å². The Hall–Kier alpha value is -2.08. The molecular formula is C16H23N3O3. The summed E-state index contributed by atoms with van der Waals surface area (Å²) in [5.74, 6) is -0.236. The molecule has 1 aromatic rings.